The minimum atomic E-state index is -0.0786. The Morgan fingerprint density at radius 2 is 1.92 bits per heavy atom. The van der Waals surface area contributed by atoms with Gasteiger partial charge in [0.2, 0.25) is 0 Å². The number of hydrogen-bond acceptors (Lipinski definition) is 3. The first-order chi connectivity index (χ1) is 11.7. The van der Waals surface area contributed by atoms with E-state index in [1.54, 1.807) is 12.5 Å². The summed E-state index contributed by atoms with van der Waals surface area (Å²) >= 11 is 5.63. The van der Waals surface area contributed by atoms with Crippen molar-refractivity contribution < 1.29 is 4.42 Å². The van der Waals surface area contributed by atoms with Gasteiger partial charge in [-0.05, 0) is 55.5 Å². The van der Waals surface area contributed by atoms with Crippen LogP contribution in [0.2, 0.25) is 0 Å². The van der Waals surface area contributed by atoms with Gasteiger partial charge in [-0.25, -0.2) is 0 Å². The van der Waals surface area contributed by atoms with Gasteiger partial charge < -0.3 is 14.6 Å². The van der Waals surface area contributed by atoms with Crippen molar-refractivity contribution in [3.63, 3.8) is 0 Å². The Kier molecular flexibility index (Phi) is 3.78. The van der Waals surface area contributed by atoms with E-state index in [4.69, 9.17) is 16.6 Å². The number of rotatable bonds is 3. The maximum atomic E-state index is 5.72. The van der Waals surface area contributed by atoms with E-state index in [0.29, 0.717) is 5.11 Å². The summed E-state index contributed by atoms with van der Waals surface area (Å²) in [6.45, 7) is 2.07. The van der Waals surface area contributed by atoms with Crippen LogP contribution < -0.4 is 10.2 Å². The van der Waals surface area contributed by atoms with E-state index in [1.165, 1.54) is 5.56 Å². The molecule has 3 aromatic rings. The maximum Gasteiger partial charge on any atom is 0.174 e. The number of nitrogens with zero attached hydrogens (tertiary/aromatic N) is 2. The van der Waals surface area contributed by atoms with E-state index in [2.05, 4.69) is 46.4 Å². The molecule has 0 aliphatic carbocycles. The molecular weight excluding hydrogens is 318 g/mol. The highest BCUT2D eigenvalue weighted by atomic mass is 32.1. The van der Waals surface area contributed by atoms with Crippen LogP contribution in [0.5, 0.6) is 0 Å². The lowest BCUT2D eigenvalue weighted by atomic mass is 10.0. The fourth-order valence-electron chi connectivity index (χ4n) is 3.09. The minimum Gasteiger partial charge on any atom is -0.467 e. The van der Waals surface area contributed by atoms with Crippen LogP contribution in [0.25, 0.3) is 0 Å². The molecule has 4 nitrogen and oxygen atoms in total. The van der Waals surface area contributed by atoms with Crippen molar-refractivity contribution in [2.45, 2.75) is 19.0 Å². The highest BCUT2D eigenvalue weighted by molar-refractivity contribution is 7.80. The molecular formula is C19H17N3OS. The summed E-state index contributed by atoms with van der Waals surface area (Å²) < 4.78 is 5.72. The summed E-state index contributed by atoms with van der Waals surface area (Å²) in [6, 6.07) is 18.0. The lowest BCUT2D eigenvalue weighted by Gasteiger charge is -2.26. The van der Waals surface area contributed by atoms with Crippen LogP contribution >= 0.6 is 12.2 Å². The Morgan fingerprint density at radius 1 is 1.08 bits per heavy atom. The molecule has 0 unspecified atom stereocenters. The van der Waals surface area contributed by atoms with Crippen LogP contribution in [-0.2, 0) is 0 Å². The molecule has 1 aromatic carbocycles. The molecule has 1 aliphatic rings. The Morgan fingerprint density at radius 3 is 2.58 bits per heavy atom. The molecule has 1 fully saturated rings. The van der Waals surface area contributed by atoms with Crippen molar-refractivity contribution in [1.29, 1.82) is 0 Å². The number of furan rings is 1. The van der Waals surface area contributed by atoms with Crippen LogP contribution in [0.3, 0.4) is 0 Å². The van der Waals surface area contributed by atoms with Crippen molar-refractivity contribution in [1.82, 2.24) is 10.3 Å². The number of benzene rings is 1. The number of nitrogens with one attached hydrogen (secondary N) is 1. The van der Waals surface area contributed by atoms with Gasteiger partial charge in [-0.3, -0.25) is 4.98 Å². The molecule has 1 saturated heterocycles. The van der Waals surface area contributed by atoms with Crippen molar-refractivity contribution in [2.24, 2.45) is 0 Å². The zero-order chi connectivity index (χ0) is 16.5. The lowest BCUT2D eigenvalue weighted by molar-refractivity contribution is 0.432. The molecule has 0 bridgehead atoms. The van der Waals surface area contributed by atoms with Gasteiger partial charge in [0.1, 0.15) is 11.8 Å². The largest absolute Gasteiger partial charge is 0.467 e. The molecule has 1 aliphatic heterocycles. The molecule has 2 atom stereocenters. The quantitative estimate of drug-likeness (QED) is 0.728. The summed E-state index contributed by atoms with van der Waals surface area (Å²) in [5.41, 5.74) is 3.20. The third kappa shape index (κ3) is 2.57. The Balaban J connectivity index is 1.80. The second-order valence-corrected chi connectivity index (χ2v) is 6.23. The summed E-state index contributed by atoms with van der Waals surface area (Å²) in [6.07, 6.45) is 3.49. The van der Waals surface area contributed by atoms with Gasteiger partial charge in [0.15, 0.2) is 5.11 Å². The molecule has 0 amide bonds. The van der Waals surface area contributed by atoms with Gasteiger partial charge in [0.25, 0.3) is 0 Å². The number of anilines is 1. The van der Waals surface area contributed by atoms with E-state index >= 15 is 0 Å². The van der Waals surface area contributed by atoms with Gasteiger partial charge in [0, 0.05) is 11.9 Å². The molecule has 1 N–H and O–H groups in total. The highest BCUT2D eigenvalue weighted by Crippen LogP contribution is 2.41. The van der Waals surface area contributed by atoms with Gasteiger partial charge in [-0.2, -0.15) is 0 Å². The first-order valence-electron chi connectivity index (χ1n) is 7.85. The second kappa shape index (κ2) is 6.09. The van der Waals surface area contributed by atoms with E-state index in [9.17, 15) is 0 Å². The smallest absolute Gasteiger partial charge is 0.174 e. The zero-order valence-corrected chi connectivity index (χ0v) is 14.0. The first-order valence-corrected chi connectivity index (χ1v) is 8.25. The summed E-state index contributed by atoms with van der Waals surface area (Å²) in [5, 5.41) is 4.08. The van der Waals surface area contributed by atoms with Crippen LogP contribution in [0, 0.1) is 6.92 Å². The molecule has 120 valence electrons. The first kappa shape index (κ1) is 14.9. The van der Waals surface area contributed by atoms with Crippen LogP contribution in [0.4, 0.5) is 5.69 Å². The average molecular weight is 335 g/mol. The third-order valence-electron chi connectivity index (χ3n) is 4.24. The van der Waals surface area contributed by atoms with Gasteiger partial charge >= 0.3 is 0 Å². The van der Waals surface area contributed by atoms with Crippen molar-refractivity contribution in [2.75, 3.05) is 4.90 Å². The lowest BCUT2D eigenvalue weighted by Crippen LogP contribution is -2.29. The fraction of sp³-hybridized carbons (Fsp3) is 0.158. The molecule has 2 aromatic heterocycles. The minimum absolute atomic E-state index is 0.0637. The summed E-state index contributed by atoms with van der Waals surface area (Å²) in [7, 11) is 0. The van der Waals surface area contributed by atoms with Gasteiger partial charge in [0.05, 0.1) is 18.0 Å². The summed E-state index contributed by atoms with van der Waals surface area (Å²) in [4.78, 5) is 6.61. The van der Waals surface area contributed by atoms with E-state index < -0.39 is 0 Å². The number of aryl methyl sites for hydroxylation is 1. The molecule has 24 heavy (non-hydrogen) atoms. The van der Waals surface area contributed by atoms with Crippen molar-refractivity contribution in [3.8, 4) is 0 Å². The standard InChI is InChI=1S/C19H17N3OS/c1-13-7-9-14(10-8-13)22-18(16-6-4-12-23-16)17(21-19(22)24)15-5-2-3-11-20-15/h2-12,17-18H,1H3,(H,21,24)/t17-,18-/m0/s1. The topological polar surface area (TPSA) is 41.3 Å². The van der Waals surface area contributed by atoms with Crippen LogP contribution in [0.15, 0.2) is 71.5 Å². The predicted octanol–water partition coefficient (Wildman–Crippen LogP) is 4.16. The van der Waals surface area contributed by atoms with Gasteiger partial charge in [-0.1, -0.05) is 23.8 Å². The SMILES string of the molecule is Cc1ccc(N2C(=S)N[C@@H](c3ccccn3)[C@@H]2c2ccco2)cc1. The highest BCUT2D eigenvalue weighted by Gasteiger charge is 2.42. The van der Waals surface area contributed by atoms with Crippen molar-refractivity contribution in [3.05, 3.63) is 84.1 Å². The molecule has 4 rings (SSSR count). The fourth-order valence-corrected chi connectivity index (χ4v) is 3.43. The van der Waals surface area contributed by atoms with Crippen LogP contribution in [0.1, 0.15) is 29.1 Å². The number of pyridine rings is 1. The zero-order valence-electron chi connectivity index (χ0n) is 13.2. The number of aromatic nitrogens is 1. The van der Waals surface area contributed by atoms with E-state index in [0.717, 1.165) is 17.1 Å². The Hall–Kier alpha value is -2.66. The number of hydrogen-bond donors (Lipinski definition) is 1. The Bertz CT molecular complexity index is 831. The Labute approximate surface area is 146 Å². The van der Waals surface area contributed by atoms with Crippen molar-refractivity contribution >= 4 is 23.0 Å². The molecule has 0 saturated carbocycles. The summed E-state index contributed by atoms with van der Waals surface area (Å²) in [5.74, 6) is 0.860. The van der Waals surface area contributed by atoms with Crippen LogP contribution in [-0.4, -0.2) is 10.1 Å². The van der Waals surface area contributed by atoms with E-state index in [1.807, 2.05) is 30.3 Å². The molecule has 5 heteroatoms. The number of thiocarbonyl (C=S) groups is 1. The molecule has 0 radical (unpaired) electrons. The normalized spacial score (nSPS) is 20.2. The predicted molar refractivity (Wildman–Crippen MR) is 97.8 cm³/mol. The van der Waals surface area contributed by atoms with Gasteiger partial charge in [-0.15, -0.1) is 0 Å². The second-order valence-electron chi connectivity index (χ2n) is 5.85. The van der Waals surface area contributed by atoms with E-state index in [-0.39, 0.29) is 12.1 Å². The molecule has 3 heterocycles. The third-order valence-corrected chi connectivity index (χ3v) is 4.56. The average Bonchev–Trinajstić information content (AvgIpc) is 3.24. The molecule has 0 spiro atoms. The monoisotopic (exact) mass is 335 g/mol. The maximum absolute atomic E-state index is 5.72.